The molecule has 0 atom stereocenters. The van der Waals surface area contributed by atoms with E-state index < -0.39 is 9.84 Å². The second kappa shape index (κ2) is 10.6. The third-order valence-corrected chi connectivity index (χ3v) is 7.32. The molecule has 3 aromatic rings. The summed E-state index contributed by atoms with van der Waals surface area (Å²) in [6, 6.07) is 16.8. The number of benzene rings is 2. The molecular formula is C27H30N2O6S. The number of ether oxygens (including phenoxy) is 2. The molecule has 0 saturated carbocycles. The molecule has 4 rings (SSSR count). The molecule has 0 radical (unpaired) electrons. The number of nitrogens with zero attached hydrogens (tertiary/aromatic N) is 2. The Balaban J connectivity index is 1.31. The minimum absolute atomic E-state index is 0.122. The van der Waals surface area contributed by atoms with Crippen molar-refractivity contribution in [3.05, 3.63) is 82.8 Å². The number of hydrogen-bond donors (Lipinski definition) is 0. The highest BCUT2D eigenvalue weighted by atomic mass is 32.2. The van der Waals surface area contributed by atoms with Crippen LogP contribution < -0.4 is 15.0 Å². The largest absolute Gasteiger partial charge is 0.490 e. The maximum atomic E-state index is 12.6. The lowest BCUT2D eigenvalue weighted by Gasteiger charge is -2.31. The van der Waals surface area contributed by atoms with Crippen molar-refractivity contribution in [3.8, 4) is 17.2 Å². The van der Waals surface area contributed by atoms with Crippen molar-refractivity contribution >= 4 is 15.9 Å². The molecule has 1 aliphatic rings. The van der Waals surface area contributed by atoms with Crippen LogP contribution in [0.1, 0.15) is 38.2 Å². The number of carbonyl (C=O) groups is 1. The highest BCUT2D eigenvalue weighted by Gasteiger charge is 2.25. The highest BCUT2D eigenvalue weighted by molar-refractivity contribution is 7.90. The fourth-order valence-electron chi connectivity index (χ4n) is 4.04. The Bertz CT molecular complexity index is 1370. The average Bonchev–Trinajstić information content (AvgIpc) is 2.84. The first kappa shape index (κ1) is 25.5. The van der Waals surface area contributed by atoms with E-state index in [4.69, 9.17) is 9.47 Å². The molecule has 8 nitrogen and oxygen atoms in total. The Morgan fingerprint density at radius 1 is 0.944 bits per heavy atom. The second-order valence-corrected chi connectivity index (χ2v) is 11.2. The first-order valence-corrected chi connectivity index (χ1v) is 13.8. The van der Waals surface area contributed by atoms with Gasteiger partial charge >= 0.3 is 6.09 Å². The van der Waals surface area contributed by atoms with Crippen LogP contribution in [0, 0.1) is 0 Å². The first-order chi connectivity index (χ1) is 17.1. The van der Waals surface area contributed by atoms with Crippen molar-refractivity contribution in [2.24, 2.45) is 0 Å². The number of likely N-dealkylation sites (tertiary alicyclic amines) is 1. The summed E-state index contributed by atoms with van der Waals surface area (Å²) >= 11 is 0. The fourth-order valence-corrected chi connectivity index (χ4v) is 4.67. The Morgan fingerprint density at radius 2 is 1.58 bits per heavy atom. The number of sulfone groups is 1. The average molecular weight is 511 g/mol. The van der Waals surface area contributed by atoms with E-state index in [2.05, 4.69) is 13.8 Å². The minimum atomic E-state index is -3.30. The van der Waals surface area contributed by atoms with E-state index in [-0.39, 0.29) is 22.7 Å². The predicted octanol–water partition coefficient (Wildman–Crippen LogP) is 4.41. The Labute approximate surface area is 211 Å². The SMILES string of the molecule is CC(C)c1ccc(OC(=O)N2CCC(Oc3ccn(-c4ccc(S(C)(=O)=O)cc4)c(=O)c3)CC2)cc1. The van der Waals surface area contributed by atoms with Gasteiger partial charge in [0.1, 0.15) is 17.6 Å². The maximum Gasteiger partial charge on any atom is 0.415 e. The van der Waals surface area contributed by atoms with Crippen LogP contribution in [0.15, 0.2) is 76.6 Å². The molecule has 0 unspecified atom stereocenters. The lowest BCUT2D eigenvalue weighted by Crippen LogP contribution is -2.43. The topological polar surface area (TPSA) is 94.9 Å². The van der Waals surface area contributed by atoms with Crippen molar-refractivity contribution < 1.29 is 22.7 Å². The van der Waals surface area contributed by atoms with E-state index >= 15 is 0 Å². The van der Waals surface area contributed by atoms with E-state index in [9.17, 15) is 18.0 Å². The number of hydrogen-bond acceptors (Lipinski definition) is 6. The predicted molar refractivity (Wildman–Crippen MR) is 137 cm³/mol. The van der Waals surface area contributed by atoms with E-state index in [1.807, 2.05) is 24.3 Å². The quantitative estimate of drug-likeness (QED) is 0.488. The highest BCUT2D eigenvalue weighted by Crippen LogP contribution is 2.22. The number of carbonyl (C=O) groups excluding carboxylic acids is 1. The van der Waals surface area contributed by atoms with Gasteiger partial charge in [-0.15, -0.1) is 0 Å². The molecule has 1 saturated heterocycles. The zero-order valence-corrected chi connectivity index (χ0v) is 21.4. The number of aromatic nitrogens is 1. The van der Waals surface area contributed by atoms with Gasteiger partial charge in [0, 0.05) is 50.1 Å². The number of piperidine rings is 1. The standard InChI is InChI=1S/C27H30N2O6S/c1-19(2)20-4-8-22(9-5-20)35-27(31)28-15-12-23(13-16-28)34-24-14-17-29(26(30)18-24)21-6-10-25(11-7-21)36(3,32)33/h4-11,14,17-19,23H,12-13,15-16H2,1-3H3. The fraction of sp³-hybridized carbons (Fsp3) is 0.333. The third-order valence-electron chi connectivity index (χ3n) is 6.19. The molecule has 2 heterocycles. The molecule has 1 aromatic heterocycles. The lowest BCUT2D eigenvalue weighted by atomic mass is 10.0. The number of rotatable bonds is 6. The molecule has 0 aliphatic carbocycles. The van der Waals surface area contributed by atoms with E-state index in [1.54, 1.807) is 29.3 Å². The summed E-state index contributed by atoms with van der Waals surface area (Å²) in [6.45, 7) is 5.22. The zero-order chi connectivity index (χ0) is 25.9. The van der Waals surface area contributed by atoms with Crippen molar-refractivity contribution in [2.75, 3.05) is 19.3 Å². The van der Waals surface area contributed by atoms with Crippen LogP contribution in [-0.2, 0) is 9.84 Å². The summed E-state index contributed by atoms with van der Waals surface area (Å²) in [4.78, 5) is 27.0. The molecular weight excluding hydrogens is 480 g/mol. The Hall–Kier alpha value is -3.59. The Morgan fingerprint density at radius 3 is 2.14 bits per heavy atom. The van der Waals surface area contributed by atoms with Gasteiger partial charge < -0.3 is 14.4 Å². The summed E-state index contributed by atoms with van der Waals surface area (Å²) in [7, 11) is -3.30. The van der Waals surface area contributed by atoms with Gasteiger partial charge in [-0.1, -0.05) is 26.0 Å². The monoisotopic (exact) mass is 510 g/mol. The number of pyridine rings is 1. The van der Waals surface area contributed by atoms with Gasteiger partial charge in [-0.3, -0.25) is 9.36 Å². The molecule has 1 aliphatic heterocycles. The minimum Gasteiger partial charge on any atom is -0.490 e. The van der Waals surface area contributed by atoms with E-state index in [0.29, 0.717) is 49.0 Å². The summed E-state index contributed by atoms with van der Waals surface area (Å²) in [6.07, 6.45) is 3.48. The van der Waals surface area contributed by atoms with E-state index in [0.717, 1.165) is 6.26 Å². The molecule has 2 aromatic carbocycles. The maximum absolute atomic E-state index is 12.6. The molecule has 0 bridgehead atoms. The Kier molecular flexibility index (Phi) is 7.49. The molecule has 0 N–H and O–H groups in total. The van der Waals surface area contributed by atoms with Gasteiger partial charge in [0.2, 0.25) is 0 Å². The summed E-state index contributed by atoms with van der Waals surface area (Å²) in [5.74, 6) is 1.39. The van der Waals surface area contributed by atoms with Crippen molar-refractivity contribution in [1.29, 1.82) is 0 Å². The van der Waals surface area contributed by atoms with Crippen LogP contribution in [0.25, 0.3) is 5.69 Å². The van der Waals surface area contributed by atoms with Crippen molar-refractivity contribution in [1.82, 2.24) is 9.47 Å². The van der Waals surface area contributed by atoms with E-state index in [1.165, 1.54) is 28.3 Å². The molecule has 36 heavy (non-hydrogen) atoms. The molecule has 0 spiro atoms. The molecule has 1 amide bonds. The second-order valence-electron chi connectivity index (χ2n) is 9.23. The number of amides is 1. The van der Waals surface area contributed by atoms with Gasteiger partial charge in [-0.25, -0.2) is 13.2 Å². The van der Waals surface area contributed by atoms with Crippen LogP contribution in [-0.4, -0.2) is 49.4 Å². The first-order valence-electron chi connectivity index (χ1n) is 11.9. The molecule has 1 fully saturated rings. The van der Waals surface area contributed by atoms with Crippen LogP contribution in [0.4, 0.5) is 4.79 Å². The summed E-state index contributed by atoms with van der Waals surface area (Å²) in [5.41, 5.74) is 1.46. The van der Waals surface area contributed by atoms with Gasteiger partial charge in [-0.2, -0.15) is 0 Å². The molecule has 190 valence electrons. The normalized spacial score (nSPS) is 14.6. The smallest absolute Gasteiger partial charge is 0.415 e. The van der Waals surface area contributed by atoms with Gasteiger partial charge in [0.25, 0.3) is 5.56 Å². The van der Waals surface area contributed by atoms with Crippen LogP contribution in [0.2, 0.25) is 0 Å². The molecule has 9 heteroatoms. The third kappa shape index (κ3) is 6.15. The van der Waals surface area contributed by atoms with Crippen LogP contribution >= 0.6 is 0 Å². The van der Waals surface area contributed by atoms with Crippen molar-refractivity contribution in [2.45, 2.75) is 43.6 Å². The lowest BCUT2D eigenvalue weighted by molar-refractivity contribution is 0.0929. The van der Waals surface area contributed by atoms with Gasteiger partial charge in [0.05, 0.1) is 4.90 Å². The zero-order valence-electron chi connectivity index (χ0n) is 20.6. The summed E-state index contributed by atoms with van der Waals surface area (Å²) in [5, 5.41) is 0. The van der Waals surface area contributed by atoms with Crippen LogP contribution in [0.3, 0.4) is 0 Å². The van der Waals surface area contributed by atoms with Crippen LogP contribution in [0.5, 0.6) is 11.5 Å². The summed E-state index contributed by atoms with van der Waals surface area (Å²) < 4.78 is 36.2. The van der Waals surface area contributed by atoms with Gasteiger partial charge in [-0.05, 0) is 53.9 Å². The van der Waals surface area contributed by atoms with Gasteiger partial charge in [0.15, 0.2) is 9.84 Å². The van der Waals surface area contributed by atoms with Crippen molar-refractivity contribution in [3.63, 3.8) is 0 Å².